The summed E-state index contributed by atoms with van der Waals surface area (Å²) in [4.78, 5) is 6.51. The molecule has 0 unspecified atom stereocenters. The first-order chi connectivity index (χ1) is 12.2. The lowest BCUT2D eigenvalue weighted by molar-refractivity contribution is 0.475. The lowest BCUT2D eigenvalue weighted by atomic mass is 10.2. The van der Waals surface area contributed by atoms with E-state index in [1.54, 1.807) is 28.9 Å². The van der Waals surface area contributed by atoms with Crippen molar-refractivity contribution in [2.75, 3.05) is 10.6 Å². The third-order valence-corrected chi connectivity index (χ3v) is 3.94. The summed E-state index contributed by atoms with van der Waals surface area (Å²) in [6.07, 6.45) is 3.39. The molecule has 4 aromatic rings. The van der Waals surface area contributed by atoms with Crippen LogP contribution >= 0.6 is 0 Å². The van der Waals surface area contributed by atoms with Gasteiger partial charge in [-0.05, 0) is 29.8 Å². The maximum atomic E-state index is 9.60. The number of nitrogens with two attached hydrogens (primary N) is 1. The van der Waals surface area contributed by atoms with E-state index in [4.69, 9.17) is 5.73 Å². The number of hydrogen-bond acceptors (Lipinski definition) is 6. The van der Waals surface area contributed by atoms with Crippen molar-refractivity contribution in [2.45, 2.75) is 6.54 Å². The highest BCUT2D eigenvalue weighted by molar-refractivity contribution is 5.73. The molecule has 25 heavy (non-hydrogen) atoms. The molecule has 0 bridgehead atoms. The lowest BCUT2D eigenvalue weighted by Gasteiger charge is -2.24. The Morgan fingerprint density at radius 2 is 1.76 bits per heavy atom. The first-order valence-electron chi connectivity index (χ1n) is 7.78. The average molecular weight is 332 g/mol. The number of phenolic OH excluding ortho intramolecular Hbond substituents is 1. The molecule has 0 aliphatic heterocycles. The minimum atomic E-state index is 0.210. The van der Waals surface area contributed by atoms with Crippen molar-refractivity contribution >= 4 is 23.1 Å². The van der Waals surface area contributed by atoms with Crippen LogP contribution in [0.3, 0.4) is 0 Å². The molecule has 2 heterocycles. The zero-order valence-electron chi connectivity index (χ0n) is 13.3. The van der Waals surface area contributed by atoms with E-state index in [9.17, 15) is 5.11 Å². The summed E-state index contributed by atoms with van der Waals surface area (Å²) < 4.78 is 1.70. The highest BCUT2D eigenvalue weighted by Gasteiger charge is 2.17. The third kappa shape index (κ3) is 2.83. The second-order valence-corrected chi connectivity index (χ2v) is 5.59. The van der Waals surface area contributed by atoms with E-state index in [1.807, 2.05) is 47.4 Å². The first-order valence-corrected chi connectivity index (χ1v) is 7.78. The van der Waals surface area contributed by atoms with Crippen molar-refractivity contribution in [3.8, 4) is 5.75 Å². The van der Waals surface area contributed by atoms with Crippen molar-refractivity contribution < 1.29 is 5.11 Å². The molecule has 0 amide bonds. The standard InChI is InChI=1S/C18H16N6O/c19-18-22-21-17-16(20-10-11-23(17)18)24(12-13-4-2-1-3-5-13)14-6-8-15(25)9-7-14/h1-11,25H,12H2,(H2,19,22). The van der Waals surface area contributed by atoms with E-state index in [0.29, 0.717) is 24.0 Å². The fourth-order valence-electron chi connectivity index (χ4n) is 2.71. The molecule has 2 aromatic carbocycles. The van der Waals surface area contributed by atoms with Crippen LogP contribution in [0.15, 0.2) is 67.0 Å². The summed E-state index contributed by atoms with van der Waals surface area (Å²) in [5, 5.41) is 17.7. The van der Waals surface area contributed by atoms with Gasteiger partial charge in [0.25, 0.3) is 0 Å². The Labute approximate surface area is 144 Å². The van der Waals surface area contributed by atoms with E-state index in [1.165, 1.54) is 0 Å². The van der Waals surface area contributed by atoms with Crippen LogP contribution in [-0.2, 0) is 6.54 Å². The van der Waals surface area contributed by atoms with Gasteiger partial charge in [-0.15, -0.1) is 10.2 Å². The predicted octanol–water partition coefficient (Wildman–Crippen LogP) is 2.75. The fourth-order valence-corrected chi connectivity index (χ4v) is 2.71. The Morgan fingerprint density at radius 3 is 2.52 bits per heavy atom. The number of phenols is 1. The molecule has 124 valence electrons. The fraction of sp³-hybridized carbons (Fsp3) is 0.0556. The predicted molar refractivity (Wildman–Crippen MR) is 95.6 cm³/mol. The minimum Gasteiger partial charge on any atom is -0.508 e. The van der Waals surface area contributed by atoms with E-state index < -0.39 is 0 Å². The van der Waals surface area contributed by atoms with Crippen molar-refractivity contribution in [1.82, 2.24) is 19.6 Å². The smallest absolute Gasteiger partial charge is 0.226 e. The highest BCUT2D eigenvalue weighted by Crippen LogP contribution is 2.30. The summed E-state index contributed by atoms with van der Waals surface area (Å²) >= 11 is 0. The number of anilines is 3. The molecule has 7 heteroatoms. The zero-order valence-corrected chi connectivity index (χ0v) is 13.3. The molecule has 4 rings (SSSR count). The van der Waals surface area contributed by atoms with Gasteiger partial charge in [-0.3, -0.25) is 4.40 Å². The second kappa shape index (κ2) is 6.12. The summed E-state index contributed by atoms with van der Waals surface area (Å²) in [5.74, 6) is 1.16. The first kappa shape index (κ1) is 14.9. The molecule has 7 nitrogen and oxygen atoms in total. The topological polar surface area (TPSA) is 92.6 Å². The van der Waals surface area contributed by atoms with Crippen LogP contribution in [-0.4, -0.2) is 24.7 Å². The molecule has 3 N–H and O–H groups in total. The van der Waals surface area contributed by atoms with Gasteiger partial charge in [0.15, 0.2) is 5.82 Å². The van der Waals surface area contributed by atoms with Gasteiger partial charge >= 0.3 is 0 Å². The van der Waals surface area contributed by atoms with Gasteiger partial charge < -0.3 is 15.7 Å². The van der Waals surface area contributed by atoms with Crippen molar-refractivity contribution in [2.24, 2.45) is 0 Å². The number of nitrogens with zero attached hydrogens (tertiary/aromatic N) is 5. The van der Waals surface area contributed by atoms with Crippen LogP contribution < -0.4 is 10.6 Å². The summed E-state index contributed by atoms with van der Waals surface area (Å²) in [6.45, 7) is 0.588. The maximum absolute atomic E-state index is 9.60. The van der Waals surface area contributed by atoms with E-state index in [-0.39, 0.29) is 5.75 Å². The van der Waals surface area contributed by atoms with E-state index in [2.05, 4.69) is 15.2 Å². The molecular weight excluding hydrogens is 316 g/mol. The largest absolute Gasteiger partial charge is 0.508 e. The molecule has 0 radical (unpaired) electrons. The Morgan fingerprint density at radius 1 is 1.00 bits per heavy atom. The van der Waals surface area contributed by atoms with Gasteiger partial charge in [-0.1, -0.05) is 30.3 Å². The van der Waals surface area contributed by atoms with Crippen LogP contribution in [0.25, 0.3) is 5.65 Å². The van der Waals surface area contributed by atoms with Crippen LogP contribution in [0.5, 0.6) is 5.75 Å². The third-order valence-electron chi connectivity index (χ3n) is 3.94. The molecular formula is C18H16N6O. The van der Waals surface area contributed by atoms with Crippen LogP contribution in [0.1, 0.15) is 5.56 Å². The van der Waals surface area contributed by atoms with Crippen LogP contribution in [0, 0.1) is 0 Å². The number of aromatic hydroxyl groups is 1. The molecule has 0 atom stereocenters. The summed E-state index contributed by atoms with van der Waals surface area (Å²) in [5.41, 5.74) is 8.44. The molecule has 0 spiro atoms. The van der Waals surface area contributed by atoms with Crippen molar-refractivity contribution in [3.63, 3.8) is 0 Å². The van der Waals surface area contributed by atoms with Crippen LogP contribution in [0.4, 0.5) is 17.5 Å². The normalized spacial score (nSPS) is 10.9. The van der Waals surface area contributed by atoms with Crippen molar-refractivity contribution in [1.29, 1.82) is 0 Å². The number of rotatable bonds is 4. The number of nitrogen functional groups attached to an aromatic ring is 1. The number of hydrogen-bond donors (Lipinski definition) is 2. The maximum Gasteiger partial charge on any atom is 0.226 e. The molecule has 2 aromatic heterocycles. The Balaban J connectivity index is 1.85. The van der Waals surface area contributed by atoms with Gasteiger partial charge in [0.2, 0.25) is 11.6 Å². The molecule has 0 aliphatic rings. The number of fused-ring (bicyclic) bond motifs is 1. The number of aromatic nitrogens is 4. The Hall–Kier alpha value is -3.61. The Bertz CT molecular complexity index is 997. The lowest BCUT2D eigenvalue weighted by Crippen LogP contribution is -2.18. The monoisotopic (exact) mass is 332 g/mol. The van der Waals surface area contributed by atoms with E-state index in [0.717, 1.165) is 11.3 Å². The summed E-state index contributed by atoms with van der Waals surface area (Å²) in [6, 6.07) is 17.0. The SMILES string of the molecule is Nc1nnc2c(N(Cc3ccccc3)c3ccc(O)cc3)nccn12. The van der Waals surface area contributed by atoms with Gasteiger partial charge in [0.1, 0.15) is 5.75 Å². The quantitative estimate of drug-likeness (QED) is 0.597. The van der Waals surface area contributed by atoms with Crippen molar-refractivity contribution in [3.05, 3.63) is 72.6 Å². The highest BCUT2D eigenvalue weighted by atomic mass is 16.3. The molecule has 0 aliphatic carbocycles. The van der Waals surface area contributed by atoms with Crippen LogP contribution in [0.2, 0.25) is 0 Å². The van der Waals surface area contributed by atoms with Gasteiger partial charge in [0, 0.05) is 24.6 Å². The molecule has 0 saturated carbocycles. The minimum absolute atomic E-state index is 0.210. The second-order valence-electron chi connectivity index (χ2n) is 5.59. The Kier molecular flexibility index (Phi) is 3.66. The zero-order chi connectivity index (χ0) is 17.2. The van der Waals surface area contributed by atoms with E-state index >= 15 is 0 Å². The van der Waals surface area contributed by atoms with Gasteiger partial charge in [-0.2, -0.15) is 0 Å². The van der Waals surface area contributed by atoms with Gasteiger partial charge in [0.05, 0.1) is 0 Å². The van der Waals surface area contributed by atoms with Gasteiger partial charge in [-0.25, -0.2) is 4.98 Å². The number of benzene rings is 2. The summed E-state index contributed by atoms with van der Waals surface area (Å²) in [7, 11) is 0. The average Bonchev–Trinajstić information content (AvgIpc) is 3.03. The molecule has 0 fully saturated rings. The molecule has 0 saturated heterocycles.